The number of carbonyl (C=O) groups is 3. The van der Waals surface area contributed by atoms with E-state index in [0.29, 0.717) is 67.9 Å². The van der Waals surface area contributed by atoms with Gasteiger partial charge in [-0.3, -0.25) is 9.59 Å². The van der Waals surface area contributed by atoms with Crippen LogP contribution in [0.5, 0.6) is 34.5 Å². The second-order valence-corrected chi connectivity index (χ2v) is 10.9. The van der Waals surface area contributed by atoms with Crippen LogP contribution in [0.3, 0.4) is 0 Å². The molecule has 1 N–H and O–H groups in total. The summed E-state index contributed by atoms with van der Waals surface area (Å²) in [4.78, 5) is 42.9. The van der Waals surface area contributed by atoms with Crippen LogP contribution < -0.4 is 33.7 Å². The Morgan fingerprint density at radius 1 is 0.830 bits per heavy atom. The molecule has 2 heterocycles. The molecule has 1 fully saturated rings. The number of nitrogens with zero attached hydrogens (tertiary/aromatic N) is 1. The average molecular weight is 647 g/mol. The molecule has 2 aliphatic rings. The maximum Gasteiger partial charge on any atom is 0.338 e. The zero-order valence-corrected chi connectivity index (χ0v) is 27.6. The van der Waals surface area contributed by atoms with Gasteiger partial charge >= 0.3 is 5.97 Å². The number of esters is 1. The normalized spacial score (nSPS) is 17.7. The summed E-state index contributed by atoms with van der Waals surface area (Å²) in [6.07, 6.45) is 1.65. The predicted octanol–water partition coefficient (Wildman–Crippen LogP) is 4.18. The third-order valence-electron chi connectivity index (χ3n) is 8.53. The van der Waals surface area contributed by atoms with Gasteiger partial charge in [0.15, 0.2) is 23.0 Å². The molecule has 1 saturated heterocycles. The Labute approximate surface area is 273 Å². The molecule has 3 aromatic rings. The van der Waals surface area contributed by atoms with Crippen LogP contribution in [-0.4, -0.2) is 78.0 Å². The van der Waals surface area contributed by atoms with E-state index in [1.54, 1.807) is 43.3 Å². The molecule has 2 aliphatic heterocycles. The summed E-state index contributed by atoms with van der Waals surface area (Å²) in [5.74, 6) is 1.05. The maximum atomic E-state index is 14.5. The van der Waals surface area contributed by atoms with Crippen LogP contribution in [0.1, 0.15) is 44.2 Å². The van der Waals surface area contributed by atoms with Crippen LogP contribution in [0.4, 0.5) is 0 Å². The quantitative estimate of drug-likeness (QED) is 0.253. The van der Waals surface area contributed by atoms with E-state index in [4.69, 9.17) is 33.2 Å². The van der Waals surface area contributed by atoms with Gasteiger partial charge in [0.05, 0.1) is 54.3 Å². The first-order chi connectivity index (χ1) is 22.6. The van der Waals surface area contributed by atoms with Crippen molar-refractivity contribution >= 4 is 23.9 Å². The van der Waals surface area contributed by atoms with Gasteiger partial charge in [-0.15, -0.1) is 0 Å². The Morgan fingerprint density at radius 2 is 1.45 bits per heavy atom. The Bertz CT molecular complexity index is 1750. The molecule has 2 amide bonds. The number of ether oxygens (including phenoxy) is 7. The fraction of sp³-hybridized carbons (Fsp3) is 0.343. The lowest BCUT2D eigenvalue weighted by molar-refractivity contribution is -0.147. The van der Waals surface area contributed by atoms with Gasteiger partial charge in [0, 0.05) is 34.2 Å². The number of nitrogens with one attached hydrogen (secondary N) is 1. The topological polar surface area (TPSA) is 131 Å². The van der Waals surface area contributed by atoms with Crippen molar-refractivity contribution in [2.75, 3.05) is 49.3 Å². The SMILES string of the molecule is COc1cc(/C=C2\NC(=O)[C@@H]3Cc4c(OC)c(C)c(OC)c(OC)c4[C@@H](COC(=O)c4ccccc4)N3C2=O)c(OC)c(C)c1OC. The fourth-order valence-electron chi connectivity index (χ4n) is 6.51. The van der Waals surface area contributed by atoms with Crippen LogP contribution in [-0.2, 0) is 20.7 Å². The largest absolute Gasteiger partial charge is 0.496 e. The fourth-order valence-corrected chi connectivity index (χ4v) is 6.51. The molecule has 12 heteroatoms. The van der Waals surface area contributed by atoms with Crippen molar-refractivity contribution in [1.29, 1.82) is 0 Å². The van der Waals surface area contributed by atoms with E-state index in [9.17, 15) is 14.4 Å². The predicted molar refractivity (Wildman–Crippen MR) is 172 cm³/mol. The molecule has 0 aliphatic carbocycles. The van der Waals surface area contributed by atoms with E-state index >= 15 is 0 Å². The minimum atomic E-state index is -0.953. The van der Waals surface area contributed by atoms with Crippen molar-refractivity contribution in [3.8, 4) is 34.5 Å². The number of hydrogen-bond donors (Lipinski definition) is 1. The Balaban J connectivity index is 1.68. The van der Waals surface area contributed by atoms with Crippen molar-refractivity contribution in [2.24, 2.45) is 0 Å². The number of hydrogen-bond acceptors (Lipinski definition) is 10. The van der Waals surface area contributed by atoms with Gasteiger partial charge in [-0.25, -0.2) is 4.79 Å². The summed E-state index contributed by atoms with van der Waals surface area (Å²) in [5.41, 5.74) is 3.28. The highest BCUT2D eigenvalue weighted by Gasteiger charge is 2.49. The molecule has 2 atom stereocenters. The zero-order chi connectivity index (χ0) is 34.0. The summed E-state index contributed by atoms with van der Waals surface area (Å²) in [5, 5.41) is 2.79. The number of amides is 2. The van der Waals surface area contributed by atoms with Crippen LogP contribution in [0.25, 0.3) is 6.08 Å². The Morgan fingerprint density at radius 3 is 2.04 bits per heavy atom. The second-order valence-electron chi connectivity index (χ2n) is 10.9. The van der Waals surface area contributed by atoms with E-state index < -0.39 is 29.9 Å². The molecule has 0 saturated carbocycles. The van der Waals surface area contributed by atoms with E-state index in [1.807, 2.05) is 6.92 Å². The van der Waals surface area contributed by atoms with Gasteiger partial charge in [0.1, 0.15) is 29.8 Å². The maximum absolute atomic E-state index is 14.5. The van der Waals surface area contributed by atoms with E-state index in [-0.39, 0.29) is 18.7 Å². The first kappa shape index (κ1) is 33.0. The minimum Gasteiger partial charge on any atom is -0.496 e. The molecule has 0 aromatic heterocycles. The number of fused-ring (bicyclic) bond motifs is 2. The van der Waals surface area contributed by atoms with E-state index in [0.717, 1.165) is 0 Å². The number of carbonyl (C=O) groups excluding carboxylic acids is 3. The number of methoxy groups -OCH3 is 6. The smallest absolute Gasteiger partial charge is 0.338 e. The monoisotopic (exact) mass is 646 g/mol. The lowest BCUT2D eigenvalue weighted by atomic mass is 9.83. The number of piperazine rings is 1. The molecule has 5 rings (SSSR count). The average Bonchev–Trinajstić information content (AvgIpc) is 3.08. The molecule has 0 bridgehead atoms. The minimum absolute atomic E-state index is 0.0102. The van der Waals surface area contributed by atoms with E-state index in [2.05, 4.69) is 5.32 Å². The molecular weight excluding hydrogens is 608 g/mol. The molecule has 12 nitrogen and oxygen atoms in total. The molecule has 3 aromatic carbocycles. The third kappa shape index (κ3) is 5.64. The molecule has 0 spiro atoms. The zero-order valence-electron chi connectivity index (χ0n) is 27.6. The van der Waals surface area contributed by atoms with Crippen LogP contribution in [0, 0.1) is 13.8 Å². The molecular formula is C35H38N2O10. The number of rotatable bonds is 10. The van der Waals surface area contributed by atoms with Gasteiger partial charge in [-0.1, -0.05) is 18.2 Å². The van der Waals surface area contributed by atoms with Crippen molar-refractivity contribution in [3.63, 3.8) is 0 Å². The summed E-state index contributed by atoms with van der Waals surface area (Å²) in [7, 11) is 9.05. The van der Waals surface area contributed by atoms with Gasteiger partial charge in [-0.2, -0.15) is 0 Å². The number of benzene rings is 3. The standard InChI is InChI=1S/C35H38N2O10/c1-18-28(42-4)21(15-26(41-3)30(18)44-6)14-23-34(39)37-24(33(38)36-23)16-22-27(32(46-8)31(45-7)19(2)29(22)43-5)25(37)17-47-35(40)20-12-10-9-11-13-20/h9-15,24-25H,16-17H2,1-8H3,(H,36,38)/b23-14-/t24-,25+/m0/s1. The lowest BCUT2D eigenvalue weighted by Gasteiger charge is -2.46. The third-order valence-corrected chi connectivity index (χ3v) is 8.53. The Kier molecular flexibility index (Phi) is 9.50. The van der Waals surface area contributed by atoms with Gasteiger partial charge in [0.2, 0.25) is 5.91 Å². The second kappa shape index (κ2) is 13.5. The summed E-state index contributed by atoms with van der Waals surface area (Å²) >= 11 is 0. The van der Waals surface area contributed by atoms with Crippen LogP contribution >= 0.6 is 0 Å². The van der Waals surface area contributed by atoms with E-state index in [1.165, 1.54) is 53.6 Å². The highest BCUT2D eigenvalue weighted by molar-refractivity contribution is 6.08. The summed E-state index contributed by atoms with van der Waals surface area (Å²) in [6, 6.07) is 8.27. The Hall–Kier alpha value is -5.39. The highest BCUT2D eigenvalue weighted by Crippen LogP contribution is 2.51. The van der Waals surface area contributed by atoms with Crippen molar-refractivity contribution in [2.45, 2.75) is 32.4 Å². The van der Waals surface area contributed by atoms with Crippen LogP contribution in [0.2, 0.25) is 0 Å². The van der Waals surface area contributed by atoms with Crippen molar-refractivity contribution in [1.82, 2.24) is 10.2 Å². The first-order valence-corrected chi connectivity index (χ1v) is 14.8. The summed E-state index contributed by atoms with van der Waals surface area (Å²) in [6.45, 7) is 3.34. The van der Waals surface area contributed by atoms with Crippen molar-refractivity contribution < 1.29 is 47.5 Å². The first-order valence-electron chi connectivity index (χ1n) is 14.8. The molecule has 47 heavy (non-hydrogen) atoms. The van der Waals surface area contributed by atoms with Gasteiger partial charge < -0.3 is 43.4 Å². The highest BCUT2D eigenvalue weighted by atomic mass is 16.5. The molecule has 0 radical (unpaired) electrons. The summed E-state index contributed by atoms with van der Waals surface area (Å²) < 4.78 is 40.0. The van der Waals surface area contributed by atoms with Gasteiger partial charge in [-0.05, 0) is 38.1 Å². The van der Waals surface area contributed by atoms with Crippen molar-refractivity contribution in [3.05, 3.63) is 75.5 Å². The molecule has 248 valence electrons. The van der Waals surface area contributed by atoms with Crippen LogP contribution in [0.15, 0.2) is 42.1 Å². The molecule has 0 unspecified atom stereocenters. The van der Waals surface area contributed by atoms with Gasteiger partial charge in [0.25, 0.3) is 5.91 Å². The lowest BCUT2D eigenvalue weighted by Crippen LogP contribution is -2.61.